The van der Waals surface area contributed by atoms with Crippen molar-refractivity contribution in [3.63, 3.8) is 0 Å². The molecule has 2 nitrogen and oxygen atoms in total. The van der Waals surface area contributed by atoms with Crippen LogP contribution in [0.5, 0.6) is 5.75 Å². The van der Waals surface area contributed by atoms with E-state index in [-0.39, 0.29) is 5.75 Å². The highest BCUT2D eigenvalue weighted by Crippen LogP contribution is 2.31. The third kappa shape index (κ3) is 4.49. The van der Waals surface area contributed by atoms with Gasteiger partial charge >= 0.3 is 6.36 Å². The number of rotatable bonds is 5. The van der Waals surface area contributed by atoms with Crippen LogP contribution in [0, 0.1) is 5.92 Å². The Morgan fingerprint density at radius 3 is 2.61 bits per heavy atom. The van der Waals surface area contributed by atoms with Gasteiger partial charge in [0.1, 0.15) is 5.75 Å². The Hall–Kier alpha value is -0.750. The van der Waals surface area contributed by atoms with Crippen LogP contribution in [0.1, 0.15) is 18.4 Å². The molecule has 1 aliphatic carbocycles. The van der Waals surface area contributed by atoms with Crippen molar-refractivity contribution in [1.29, 1.82) is 0 Å². The van der Waals surface area contributed by atoms with Gasteiger partial charge in [-0.3, -0.25) is 0 Å². The molecule has 0 atom stereocenters. The smallest absolute Gasteiger partial charge is 0.405 e. The van der Waals surface area contributed by atoms with Gasteiger partial charge in [-0.1, -0.05) is 6.07 Å². The minimum Gasteiger partial charge on any atom is -0.405 e. The van der Waals surface area contributed by atoms with E-state index in [1.165, 1.54) is 18.9 Å². The lowest BCUT2D eigenvalue weighted by molar-refractivity contribution is -0.274. The second-order valence-corrected chi connectivity index (χ2v) is 5.24. The third-order valence-corrected chi connectivity index (χ3v) is 3.30. The Labute approximate surface area is 112 Å². The lowest BCUT2D eigenvalue weighted by Gasteiger charge is -2.11. The van der Waals surface area contributed by atoms with Crippen molar-refractivity contribution in [3.05, 3.63) is 28.2 Å². The normalized spacial score (nSPS) is 15.8. The van der Waals surface area contributed by atoms with E-state index in [4.69, 9.17) is 0 Å². The van der Waals surface area contributed by atoms with Gasteiger partial charge in [0.25, 0.3) is 0 Å². The molecule has 0 amide bonds. The van der Waals surface area contributed by atoms with Crippen LogP contribution in [0.25, 0.3) is 0 Å². The highest BCUT2D eigenvalue weighted by atomic mass is 79.9. The third-order valence-electron chi connectivity index (χ3n) is 2.68. The number of ether oxygens (including phenoxy) is 1. The van der Waals surface area contributed by atoms with E-state index in [1.807, 2.05) is 0 Å². The van der Waals surface area contributed by atoms with E-state index in [0.29, 0.717) is 11.0 Å². The standard InChI is InChI=1S/C12H13BrF3NO/c13-10-5-9(7-17-6-8-1-2-8)3-4-11(10)18-12(14,15)16/h3-5,8,17H,1-2,6-7H2. The highest BCUT2D eigenvalue weighted by molar-refractivity contribution is 9.10. The largest absolute Gasteiger partial charge is 0.573 e. The summed E-state index contributed by atoms with van der Waals surface area (Å²) in [7, 11) is 0. The van der Waals surface area contributed by atoms with Gasteiger partial charge in [0.15, 0.2) is 0 Å². The van der Waals surface area contributed by atoms with Gasteiger partial charge in [0.05, 0.1) is 4.47 Å². The SMILES string of the molecule is FC(F)(F)Oc1ccc(CNCC2CC2)cc1Br. The predicted octanol–water partition coefficient (Wildman–Crippen LogP) is 3.85. The van der Waals surface area contributed by atoms with Crippen LogP contribution in [0.15, 0.2) is 22.7 Å². The van der Waals surface area contributed by atoms with Crippen molar-refractivity contribution in [2.75, 3.05) is 6.54 Å². The van der Waals surface area contributed by atoms with E-state index in [2.05, 4.69) is 26.0 Å². The maximum atomic E-state index is 12.1. The van der Waals surface area contributed by atoms with Crippen molar-refractivity contribution < 1.29 is 17.9 Å². The van der Waals surface area contributed by atoms with Gasteiger partial charge in [-0.2, -0.15) is 0 Å². The van der Waals surface area contributed by atoms with Gasteiger partial charge < -0.3 is 10.1 Å². The molecule has 1 aromatic rings. The van der Waals surface area contributed by atoms with Crippen molar-refractivity contribution >= 4 is 15.9 Å². The summed E-state index contributed by atoms with van der Waals surface area (Å²) in [6.07, 6.45) is -2.11. The molecule has 18 heavy (non-hydrogen) atoms. The monoisotopic (exact) mass is 323 g/mol. The first-order valence-electron chi connectivity index (χ1n) is 5.69. The van der Waals surface area contributed by atoms with Crippen LogP contribution in [0.3, 0.4) is 0 Å². The predicted molar refractivity (Wildman–Crippen MR) is 65.3 cm³/mol. The average Bonchev–Trinajstić information content (AvgIpc) is 3.04. The molecule has 1 N–H and O–H groups in total. The summed E-state index contributed by atoms with van der Waals surface area (Å²) in [5, 5.41) is 3.27. The molecular weight excluding hydrogens is 311 g/mol. The maximum Gasteiger partial charge on any atom is 0.573 e. The molecule has 1 fully saturated rings. The van der Waals surface area contributed by atoms with Crippen molar-refractivity contribution in [3.8, 4) is 5.75 Å². The van der Waals surface area contributed by atoms with Crippen LogP contribution in [-0.4, -0.2) is 12.9 Å². The lowest BCUT2D eigenvalue weighted by Crippen LogP contribution is -2.18. The fourth-order valence-electron chi connectivity index (χ4n) is 1.60. The molecule has 0 radical (unpaired) electrons. The fourth-order valence-corrected chi connectivity index (χ4v) is 2.11. The van der Waals surface area contributed by atoms with E-state index < -0.39 is 6.36 Å². The van der Waals surface area contributed by atoms with Crippen molar-refractivity contribution in [2.45, 2.75) is 25.7 Å². The molecule has 1 saturated carbocycles. The molecule has 0 saturated heterocycles. The van der Waals surface area contributed by atoms with Gasteiger partial charge in [0.2, 0.25) is 0 Å². The van der Waals surface area contributed by atoms with Crippen molar-refractivity contribution in [1.82, 2.24) is 5.32 Å². The molecule has 0 aliphatic heterocycles. The first kappa shape index (κ1) is 13.7. The zero-order valence-electron chi connectivity index (χ0n) is 9.56. The summed E-state index contributed by atoms with van der Waals surface area (Å²) in [4.78, 5) is 0. The quantitative estimate of drug-likeness (QED) is 0.888. The topological polar surface area (TPSA) is 21.3 Å². The van der Waals surface area contributed by atoms with E-state index in [9.17, 15) is 13.2 Å². The van der Waals surface area contributed by atoms with Gasteiger partial charge in [-0.15, -0.1) is 13.2 Å². The number of benzene rings is 1. The van der Waals surface area contributed by atoms with Crippen LogP contribution in [0.2, 0.25) is 0 Å². The minimum absolute atomic E-state index is 0.214. The molecule has 1 aliphatic rings. The number of hydrogen-bond donors (Lipinski definition) is 1. The van der Waals surface area contributed by atoms with E-state index >= 15 is 0 Å². The molecule has 0 unspecified atom stereocenters. The Morgan fingerprint density at radius 2 is 2.06 bits per heavy atom. The highest BCUT2D eigenvalue weighted by Gasteiger charge is 2.31. The van der Waals surface area contributed by atoms with Crippen LogP contribution < -0.4 is 10.1 Å². The zero-order chi connectivity index (χ0) is 13.2. The Morgan fingerprint density at radius 1 is 1.33 bits per heavy atom. The summed E-state index contributed by atoms with van der Waals surface area (Å²) in [5.41, 5.74) is 0.928. The number of hydrogen-bond acceptors (Lipinski definition) is 2. The fraction of sp³-hybridized carbons (Fsp3) is 0.500. The Kier molecular flexibility index (Phi) is 4.17. The van der Waals surface area contributed by atoms with Crippen molar-refractivity contribution in [2.24, 2.45) is 5.92 Å². The van der Waals surface area contributed by atoms with Crippen LogP contribution in [0.4, 0.5) is 13.2 Å². The first-order chi connectivity index (χ1) is 8.44. The van der Waals surface area contributed by atoms with Crippen LogP contribution >= 0.6 is 15.9 Å². The van der Waals surface area contributed by atoms with Gasteiger partial charge in [0, 0.05) is 6.54 Å². The second-order valence-electron chi connectivity index (χ2n) is 4.39. The second kappa shape index (κ2) is 5.48. The summed E-state index contributed by atoms with van der Waals surface area (Å²) in [5.74, 6) is 0.565. The molecule has 2 rings (SSSR count). The summed E-state index contributed by atoms with van der Waals surface area (Å²) in [6, 6.07) is 4.60. The molecule has 0 aromatic heterocycles. The van der Waals surface area contributed by atoms with E-state index in [1.54, 1.807) is 12.1 Å². The molecule has 100 valence electrons. The Bertz CT molecular complexity index is 418. The molecule has 0 spiro atoms. The van der Waals surface area contributed by atoms with Gasteiger partial charge in [-0.25, -0.2) is 0 Å². The summed E-state index contributed by atoms with van der Waals surface area (Å²) >= 11 is 3.08. The zero-order valence-corrected chi connectivity index (χ0v) is 11.1. The molecular formula is C12H13BrF3NO. The number of alkyl halides is 3. The summed E-state index contributed by atoms with van der Waals surface area (Å²) in [6.45, 7) is 1.62. The average molecular weight is 324 g/mol. The minimum atomic E-state index is -4.66. The van der Waals surface area contributed by atoms with E-state index in [0.717, 1.165) is 18.0 Å². The molecule has 0 bridgehead atoms. The molecule has 0 heterocycles. The van der Waals surface area contributed by atoms with Crippen LogP contribution in [-0.2, 0) is 6.54 Å². The van der Waals surface area contributed by atoms with Gasteiger partial charge in [-0.05, 0) is 58.9 Å². The number of halogens is 4. The first-order valence-corrected chi connectivity index (χ1v) is 6.48. The Balaban J connectivity index is 1.91. The maximum absolute atomic E-state index is 12.1. The lowest BCUT2D eigenvalue weighted by atomic mass is 10.2. The molecule has 6 heteroatoms. The molecule has 1 aromatic carbocycles. The summed E-state index contributed by atoms with van der Waals surface area (Å²) < 4.78 is 40.4. The number of nitrogens with one attached hydrogen (secondary N) is 1.